The zero-order valence-corrected chi connectivity index (χ0v) is 12.5. The van der Waals surface area contributed by atoms with Gasteiger partial charge in [-0.3, -0.25) is 4.79 Å². The minimum Gasteiger partial charge on any atom is -0.485 e. The Kier molecular flexibility index (Phi) is 4.38. The Morgan fingerprint density at radius 3 is 2.63 bits per heavy atom. The van der Waals surface area contributed by atoms with Crippen molar-refractivity contribution in [3.63, 3.8) is 0 Å². The second-order valence-corrected chi connectivity index (χ2v) is 5.34. The molecule has 2 rings (SSSR count). The highest BCUT2D eigenvalue weighted by Gasteiger charge is 2.08. The van der Waals surface area contributed by atoms with Crippen LogP contribution in [0.1, 0.15) is 21.5 Å². The van der Waals surface area contributed by atoms with Crippen molar-refractivity contribution in [3.8, 4) is 5.75 Å². The fourth-order valence-electron chi connectivity index (χ4n) is 1.77. The summed E-state index contributed by atoms with van der Waals surface area (Å²) >= 11 is 3.35. The van der Waals surface area contributed by atoms with E-state index < -0.39 is 0 Å². The maximum Gasteiger partial charge on any atom is 0.200 e. The van der Waals surface area contributed by atoms with Crippen molar-refractivity contribution >= 4 is 21.7 Å². The van der Waals surface area contributed by atoms with E-state index in [1.165, 1.54) is 0 Å². The molecular formula is C16H15BrO2. The summed E-state index contributed by atoms with van der Waals surface area (Å²) in [4.78, 5) is 12.0. The number of carbonyl (C=O) groups excluding carboxylic acids is 1. The van der Waals surface area contributed by atoms with Gasteiger partial charge in [0, 0.05) is 10.0 Å². The Bertz CT molecular complexity index is 605. The molecule has 0 aromatic heterocycles. The second kappa shape index (κ2) is 6.02. The van der Waals surface area contributed by atoms with Crippen LogP contribution in [0, 0.1) is 13.8 Å². The van der Waals surface area contributed by atoms with E-state index in [-0.39, 0.29) is 12.4 Å². The van der Waals surface area contributed by atoms with Gasteiger partial charge in [-0.2, -0.15) is 0 Å². The fraction of sp³-hybridized carbons (Fsp3) is 0.188. The summed E-state index contributed by atoms with van der Waals surface area (Å²) < 4.78 is 6.50. The standard InChI is InChI=1S/C16H15BrO2/c1-11-5-3-8-16(12(11)2)19-10-15(18)13-6-4-7-14(17)9-13/h3-9H,10H2,1-2H3. The van der Waals surface area contributed by atoms with Crippen LogP contribution in [0.4, 0.5) is 0 Å². The molecular weight excluding hydrogens is 304 g/mol. The van der Waals surface area contributed by atoms with E-state index in [2.05, 4.69) is 15.9 Å². The minimum absolute atomic E-state index is 0.0257. The Morgan fingerprint density at radius 2 is 1.89 bits per heavy atom. The van der Waals surface area contributed by atoms with Gasteiger partial charge < -0.3 is 4.74 Å². The first-order chi connectivity index (χ1) is 9.08. The number of Topliss-reactive ketones (excluding diaryl/α,β-unsaturated/α-hetero) is 1. The van der Waals surface area contributed by atoms with Crippen LogP contribution in [-0.2, 0) is 0 Å². The van der Waals surface area contributed by atoms with E-state index >= 15 is 0 Å². The van der Waals surface area contributed by atoms with Crippen molar-refractivity contribution in [2.45, 2.75) is 13.8 Å². The average molecular weight is 319 g/mol. The molecule has 3 heteroatoms. The zero-order valence-electron chi connectivity index (χ0n) is 10.9. The summed E-state index contributed by atoms with van der Waals surface area (Å²) in [6.45, 7) is 4.08. The normalized spacial score (nSPS) is 10.3. The number of carbonyl (C=O) groups is 1. The monoisotopic (exact) mass is 318 g/mol. The maximum absolute atomic E-state index is 12.0. The van der Waals surface area contributed by atoms with Crippen LogP contribution in [0.25, 0.3) is 0 Å². The first-order valence-electron chi connectivity index (χ1n) is 6.05. The number of rotatable bonds is 4. The molecule has 0 unspecified atom stereocenters. The summed E-state index contributed by atoms with van der Waals surface area (Å²) in [5, 5.41) is 0. The molecule has 2 nitrogen and oxygen atoms in total. The lowest BCUT2D eigenvalue weighted by Crippen LogP contribution is -2.12. The zero-order chi connectivity index (χ0) is 13.8. The van der Waals surface area contributed by atoms with Crippen molar-refractivity contribution in [3.05, 3.63) is 63.6 Å². The molecule has 0 aliphatic rings. The SMILES string of the molecule is Cc1cccc(OCC(=O)c2cccc(Br)c2)c1C. The molecule has 0 N–H and O–H groups in total. The lowest BCUT2D eigenvalue weighted by atomic mass is 10.1. The number of benzene rings is 2. The predicted octanol–water partition coefficient (Wildman–Crippen LogP) is 4.33. The predicted molar refractivity (Wildman–Crippen MR) is 79.9 cm³/mol. The van der Waals surface area contributed by atoms with Crippen molar-refractivity contribution in [2.24, 2.45) is 0 Å². The smallest absolute Gasteiger partial charge is 0.200 e. The Labute approximate surface area is 121 Å². The highest BCUT2D eigenvalue weighted by Crippen LogP contribution is 2.21. The third-order valence-corrected chi connectivity index (χ3v) is 3.55. The van der Waals surface area contributed by atoms with Gasteiger partial charge in [-0.05, 0) is 43.2 Å². The van der Waals surface area contributed by atoms with Gasteiger partial charge in [-0.25, -0.2) is 0 Å². The van der Waals surface area contributed by atoms with Gasteiger partial charge in [0.25, 0.3) is 0 Å². The van der Waals surface area contributed by atoms with Crippen LogP contribution in [0.15, 0.2) is 46.9 Å². The molecule has 0 heterocycles. The lowest BCUT2D eigenvalue weighted by molar-refractivity contribution is 0.0921. The maximum atomic E-state index is 12.0. The minimum atomic E-state index is -0.0257. The molecule has 19 heavy (non-hydrogen) atoms. The first kappa shape index (κ1) is 13.8. The summed E-state index contributed by atoms with van der Waals surface area (Å²) in [6.07, 6.45) is 0. The van der Waals surface area contributed by atoms with E-state index in [1.807, 2.05) is 44.2 Å². The Hall–Kier alpha value is -1.61. The molecule has 0 saturated heterocycles. The molecule has 0 saturated carbocycles. The lowest BCUT2D eigenvalue weighted by Gasteiger charge is -2.10. The number of aryl methyl sites for hydroxylation is 1. The molecule has 0 aliphatic carbocycles. The van der Waals surface area contributed by atoms with Crippen molar-refractivity contribution in [1.82, 2.24) is 0 Å². The molecule has 0 spiro atoms. The highest BCUT2D eigenvalue weighted by molar-refractivity contribution is 9.10. The van der Waals surface area contributed by atoms with Gasteiger partial charge in [-0.1, -0.05) is 40.2 Å². The second-order valence-electron chi connectivity index (χ2n) is 4.42. The van der Waals surface area contributed by atoms with E-state index in [9.17, 15) is 4.79 Å². The van der Waals surface area contributed by atoms with Crippen LogP contribution >= 0.6 is 15.9 Å². The Morgan fingerprint density at radius 1 is 1.16 bits per heavy atom. The summed E-state index contributed by atoms with van der Waals surface area (Å²) in [5.74, 6) is 0.741. The van der Waals surface area contributed by atoms with Crippen LogP contribution < -0.4 is 4.74 Å². The summed E-state index contributed by atoms with van der Waals surface area (Å²) in [5.41, 5.74) is 2.89. The molecule has 98 valence electrons. The third kappa shape index (κ3) is 3.44. The first-order valence-corrected chi connectivity index (χ1v) is 6.85. The van der Waals surface area contributed by atoms with Gasteiger partial charge in [0.05, 0.1) is 0 Å². The van der Waals surface area contributed by atoms with Crippen molar-refractivity contribution in [1.29, 1.82) is 0 Å². The highest BCUT2D eigenvalue weighted by atomic mass is 79.9. The summed E-state index contributed by atoms with van der Waals surface area (Å²) in [7, 11) is 0. The van der Waals surface area contributed by atoms with Gasteiger partial charge in [0.15, 0.2) is 12.4 Å². The molecule has 0 bridgehead atoms. The third-order valence-electron chi connectivity index (χ3n) is 3.06. The van der Waals surface area contributed by atoms with E-state index in [0.717, 1.165) is 21.3 Å². The van der Waals surface area contributed by atoms with Crippen molar-refractivity contribution in [2.75, 3.05) is 6.61 Å². The number of ketones is 1. The van der Waals surface area contributed by atoms with E-state index in [1.54, 1.807) is 12.1 Å². The largest absolute Gasteiger partial charge is 0.485 e. The molecule has 0 radical (unpaired) electrons. The molecule has 0 atom stereocenters. The van der Waals surface area contributed by atoms with Gasteiger partial charge in [-0.15, -0.1) is 0 Å². The van der Waals surface area contributed by atoms with Crippen LogP contribution in [0.2, 0.25) is 0 Å². The molecule has 2 aromatic rings. The van der Waals surface area contributed by atoms with Gasteiger partial charge in [0.1, 0.15) is 5.75 Å². The van der Waals surface area contributed by atoms with Crippen LogP contribution in [0.3, 0.4) is 0 Å². The molecule has 0 amide bonds. The van der Waals surface area contributed by atoms with Crippen LogP contribution in [0.5, 0.6) is 5.75 Å². The molecule has 2 aromatic carbocycles. The Balaban J connectivity index is 2.07. The number of hydrogen-bond donors (Lipinski definition) is 0. The van der Waals surface area contributed by atoms with Crippen molar-refractivity contribution < 1.29 is 9.53 Å². The molecule has 0 fully saturated rings. The fourth-order valence-corrected chi connectivity index (χ4v) is 2.17. The number of ether oxygens (including phenoxy) is 1. The van der Waals surface area contributed by atoms with E-state index in [4.69, 9.17) is 4.74 Å². The van der Waals surface area contributed by atoms with E-state index in [0.29, 0.717) is 5.56 Å². The van der Waals surface area contributed by atoms with Gasteiger partial charge in [0.2, 0.25) is 0 Å². The van der Waals surface area contributed by atoms with Crippen LogP contribution in [-0.4, -0.2) is 12.4 Å². The quantitative estimate of drug-likeness (QED) is 0.784. The number of hydrogen-bond acceptors (Lipinski definition) is 2. The van der Waals surface area contributed by atoms with Gasteiger partial charge >= 0.3 is 0 Å². The summed E-state index contributed by atoms with van der Waals surface area (Å²) in [6, 6.07) is 13.2. The molecule has 0 aliphatic heterocycles. The topological polar surface area (TPSA) is 26.3 Å². The average Bonchev–Trinajstić information content (AvgIpc) is 2.40. The number of halogens is 1.